The molecule has 26 heavy (non-hydrogen) atoms. The van der Waals surface area contributed by atoms with E-state index in [0.29, 0.717) is 6.07 Å². The third kappa shape index (κ3) is 3.46. The van der Waals surface area contributed by atoms with Crippen LogP contribution in [-0.2, 0) is 14.9 Å². The molecule has 8 nitrogen and oxygen atoms in total. The maximum Gasteiger partial charge on any atom is 0.439 e. The van der Waals surface area contributed by atoms with Crippen LogP contribution in [0.2, 0.25) is 0 Å². The zero-order valence-electron chi connectivity index (χ0n) is 13.9. The predicted octanol–water partition coefficient (Wildman–Crippen LogP) is 2.80. The van der Waals surface area contributed by atoms with E-state index >= 15 is 0 Å². The highest BCUT2D eigenvalue weighted by Crippen LogP contribution is 2.46. The van der Waals surface area contributed by atoms with Gasteiger partial charge in [0, 0.05) is 5.54 Å². The number of aromatic nitrogens is 2. The van der Waals surface area contributed by atoms with Gasteiger partial charge in [-0.25, -0.2) is 18.3 Å². The van der Waals surface area contributed by atoms with Gasteiger partial charge < -0.3 is 14.4 Å². The van der Waals surface area contributed by atoms with Crippen molar-refractivity contribution in [1.82, 2.24) is 9.55 Å². The molecule has 12 heteroatoms. The van der Waals surface area contributed by atoms with Crippen molar-refractivity contribution in [2.45, 2.75) is 26.3 Å². The number of imidazole rings is 1. The Bertz CT molecular complexity index is 990. The summed E-state index contributed by atoms with van der Waals surface area (Å²) >= 11 is 1.61. The third-order valence-corrected chi connectivity index (χ3v) is 4.97. The van der Waals surface area contributed by atoms with Crippen molar-refractivity contribution in [3.05, 3.63) is 23.3 Å². The summed E-state index contributed by atoms with van der Waals surface area (Å²) in [5, 5.41) is 8.99. The van der Waals surface area contributed by atoms with E-state index < -0.39 is 53.4 Å². The molecule has 1 heterocycles. The quantitative estimate of drug-likeness (QED) is 0.382. The Balaban J connectivity index is 3.07. The lowest BCUT2D eigenvalue weighted by Crippen LogP contribution is -2.34. The second-order valence-electron chi connectivity index (χ2n) is 6.30. The summed E-state index contributed by atoms with van der Waals surface area (Å²) in [7, 11) is -5.19. The molecule has 2 aromatic rings. The smallest absolute Gasteiger partial charge is 0.308 e. The number of carbonyl (C=O) groups is 1. The Hall–Kier alpha value is -1.61. The summed E-state index contributed by atoms with van der Waals surface area (Å²) in [6.07, 6.45) is 0. The molecule has 0 aliphatic heterocycles. The lowest BCUT2D eigenvalue weighted by molar-refractivity contribution is -0.115. The molecule has 0 aliphatic carbocycles. The Labute approximate surface area is 160 Å². The van der Waals surface area contributed by atoms with E-state index in [1.165, 1.54) is 6.07 Å². The molecule has 0 unspecified atom stereocenters. The van der Waals surface area contributed by atoms with Gasteiger partial charge in [0.1, 0.15) is 17.1 Å². The maximum absolute atomic E-state index is 14.7. The number of nitriles is 1. The number of halogens is 3. The molecule has 2 rings (SSSR count). The number of hydrogen-bond donors (Lipinski definition) is 2. The fraction of sp³-hybridized carbons (Fsp3) is 0.357. The topological polar surface area (TPSA) is 119 Å². The molecule has 1 aromatic heterocycles. The minimum atomic E-state index is -5.19. The van der Waals surface area contributed by atoms with Gasteiger partial charge >= 0.3 is 7.75 Å². The van der Waals surface area contributed by atoms with Gasteiger partial charge in [-0.15, -0.1) is 0 Å². The van der Waals surface area contributed by atoms with Gasteiger partial charge in [0.05, 0.1) is 9.99 Å². The molecular formula is C14H14F2IN4O4P. The molecule has 0 saturated heterocycles. The van der Waals surface area contributed by atoms with Crippen molar-refractivity contribution in [3.8, 4) is 6.07 Å². The Morgan fingerprint density at radius 3 is 2.46 bits per heavy atom. The number of nitrogens with zero attached hydrogens (tertiary/aromatic N) is 4. The van der Waals surface area contributed by atoms with Gasteiger partial charge in [0.2, 0.25) is 11.9 Å². The molecule has 0 atom stereocenters. The lowest BCUT2D eigenvalue weighted by atomic mass is 10.1. The number of benzene rings is 1. The Morgan fingerprint density at radius 2 is 2.04 bits per heavy atom. The maximum atomic E-state index is 14.7. The zero-order chi connectivity index (χ0) is 20.0. The van der Waals surface area contributed by atoms with Gasteiger partial charge in [-0.1, -0.05) is 22.6 Å². The largest absolute Gasteiger partial charge is 0.439 e. The summed E-state index contributed by atoms with van der Waals surface area (Å²) in [6, 6.07) is 2.16. The van der Waals surface area contributed by atoms with Crippen molar-refractivity contribution >= 4 is 53.2 Å². The summed E-state index contributed by atoms with van der Waals surface area (Å²) in [6.45, 7) is 4.67. The number of anilines is 1. The lowest BCUT2D eigenvalue weighted by Gasteiger charge is -2.29. The highest BCUT2D eigenvalue weighted by molar-refractivity contribution is 14.1. The van der Waals surface area contributed by atoms with Crippen molar-refractivity contribution in [2.75, 3.05) is 9.10 Å². The van der Waals surface area contributed by atoms with E-state index in [9.17, 15) is 27.9 Å². The second kappa shape index (κ2) is 6.84. The van der Waals surface area contributed by atoms with E-state index in [-0.39, 0.29) is 9.10 Å². The van der Waals surface area contributed by atoms with E-state index in [2.05, 4.69) is 4.98 Å². The minimum Gasteiger partial charge on any atom is -0.308 e. The Morgan fingerprint density at radius 1 is 1.46 bits per heavy atom. The van der Waals surface area contributed by atoms with Crippen LogP contribution in [0.1, 0.15) is 26.3 Å². The highest BCUT2D eigenvalue weighted by atomic mass is 127. The fourth-order valence-electron chi connectivity index (χ4n) is 2.45. The van der Waals surface area contributed by atoms with Crippen LogP contribution < -0.4 is 4.67 Å². The molecule has 0 saturated carbocycles. The van der Waals surface area contributed by atoms with Crippen molar-refractivity contribution in [2.24, 2.45) is 0 Å². The van der Waals surface area contributed by atoms with Crippen LogP contribution in [0.5, 0.6) is 0 Å². The average molecular weight is 498 g/mol. The first-order valence-corrected chi connectivity index (χ1v) is 10.2. The Kier molecular flexibility index (Phi) is 5.45. The molecule has 0 bridgehead atoms. The molecule has 140 valence electrons. The van der Waals surface area contributed by atoms with Crippen LogP contribution >= 0.6 is 30.3 Å². The molecule has 0 fully saturated rings. The molecular weight excluding hydrogens is 484 g/mol. The molecule has 0 spiro atoms. The van der Waals surface area contributed by atoms with Crippen LogP contribution in [0.25, 0.3) is 11.0 Å². The van der Waals surface area contributed by atoms with Gasteiger partial charge in [0.25, 0.3) is 0 Å². The zero-order valence-corrected chi connectivity index (χ0v) is 16.9. The number of hydrogen-bond acceptors (Lipinski definition) is 4. The SMILES string of the molecule is CC(C)(C)n1c(N(C(=O)CI)P(=O)(O)O)nc2c(F)cc(C#N)c(F)c21. The van der Waals surface area contributed by atoms with E-state index in [1.54, 1.807) is 43.4 Å². The number of carbonyl (C=O) groups excluding carboxylic acids is 1. The summed E-state index contributed by atoms with van der Waals surface area (Å²) < 4.78 is 41.8. The van der Waals surface area contributed by atoms with Gasteiger partial charge in [-0.05, 0) is 26.8 Å². The normalized spacial score (nSPS) is 12.3. The standard InChI is InChI=1S/C14H14F2IN4O4P/c1-14(2,3)20-12-10(16)7(6-18)4-8(15)11(12)19-13(20)21(9(22)5-17)26(23,24)25/h4H,5H2,1-3H3,(H2,23,24,25). The molecule has 0 aliphatic rings. The third-order valence-electron chi connectivity index (χ3n) is 3.39. The molecule has 1 amide bonds. The first-order chi connectivity index (χ1) is 11.8. The van der Waals surface area contributed by atoms with Crippen LogP contribution in [0.15, 0.2) is 6.07 Å². The van der Waals surface area contributed by atoms with Gasteiger partial charge in [0.15, 0.2) is 11.6 Å². The van der Waals surface area contributed by atoms with Crippen LogP contribution in [0.3, 0.4) is 0 Å². The van der Waals surface area contributed by atoms with Crippen LogP contribution in [-0.4, -0.2) is 29.7 Å². The first kappa shape index (κ1) is 20.7. The van der Waals surface area contributed by atoms with E-state index in [4.69, 9.17) is 5.26 Å². The fourth-order valence-corrected chi connectivity index (χ4v) is 3.79. The minimum absolute atomic E-state index is 0.121. The van der Waals surface area contributed by atoms with Crippen LogP contribution in [0.4, 0.5) is 14.7 Å². The predicted molar refractivity (Wildman–Crippen MR) is 97.8 cm³/mol. The van der Waals surface area contributed by atoms with Crippen LogP contribution in [0, 0.1) is 23.0 Å². The number of alkyl halides is 1. The van der Waals surface area contributed by atoms with Crippen molar-refractivity contribution in [3.63, 3.8) is 0 Å². The average Bonchev–Trinajstić information content (AvgIpc) is 2.90. The number of rotatable bonds is 3. The van der Waals surface area contributed by atoms with Crippen molar-refractivity contribution < 1.29 is 27.9 Å². The number of amides is 1. The monoisotopic (exact) mass is 498 g/mol. The highest BCUT2D eigenvalue weighted by Gasteiger charge is 2.39. The second-order valence-corrected chi connectivity index (χ2v) is 8.49. The molecule has 1 aromatic carbocycles. The van der Waals surface area contributed by atoms with E-state index in [0.717, 1.165) is 4.57 Å². The van der Waals surface area contributed by atoms with Crippen molar-refractivity contribution in [1.29, 1.82) is 5.26 Å². The molecule has 2 N–H and O–H groups in total. The summed E-state index contributed by atoms with van der Waals surface area (Å²) in [4.78, 5) is 35.2. The molecule has 0 radical (unpaired) electrons. The van der Waals surface area contributed by atoms with Gasteiger partial charge in [-0.2, -0.15) is 9.93 Å². The van der Waals surface area contributed by atoms with Gasteiger partial charge in [-0.3, -0.25) is 4.79 Å². The van der Waals surface area contributed by atoms with E-state index in [1.807, 2.05) is 0 Å². The summed E-state index contributed by atoms with van der Waals surface area (Å²) in [5.74, 6) is -3.73. The number of fused-ring (bicyclic) bond motifs is 1. The summed E-state index contributed by atoms with van der Waals surface area (Å²) in [5.41, 5.74) is -2.63. The first-order valence-electron chi connectivity index (χ1n) is 7.10.